The van der Waals surface area contributed by atoms with Gasteiger partial charge in [0.25, 0.3) is 0 Å². The van der Waals surface area contributed by atoms with E-state index in [2.05, 4.69) is 0 Å². The van der Waals surface area contributed by atoms with Crippen molar-refractivity contribution in [2.45, 2.75) is 0 Å². The van der Waals surface area contributed by atoms with Crippen molar-refractivity contribution >= 4 is 6.16 Å². The Labute approximate surface area is 44.0 Å². The van der Waals surface area contributed by atoms with E-state index in [9.17, 15) is 0 Å². The third-order valence-electron chi connectivity index (χ3n) is 0. The molecule has 0 rings (SSSR count). The molecule has 0 atom stereocenters. The number of hydrogen-bond acceptors (Lipinski definition) is 1. The molecule has 0 aromatic carbocycles. The minimum Gasteiger partial charge on any atom is -0.450 e. The summed E-state index contributed by atoms with van der Waals surface area (Å²) in [4.78, 5) is 8.56. The molecule has 0 heterocycles. The molecule has 0 amide bonds. The van der Waals surface area contributed by atoms with Gasteiger partial charge in [0.15, 0.2) is 0 Å². The van der Waals surface area contributed by atoms with Crippen LogP contribution in [-0.4, -0.2) is 16.4 Å². The maximum Gasteiger partial charge on any atom is 0.503 e. The van der Waals surface area contributed by atoms with E-state index in [-0.39, 0.29) is 22.0 Å². The minimum atomic E-state index is -1.83. The summed E-state index contributed by atoms with van der Waals surface area (Å²) in [5.74, 6) is 0. The van der Waals surface area contributed by atoms with Crippen molar-refractivity contribution < 1.29 is 37.0 Å². The first kappa shape index (κ1) is 17.2. The van der Waals surface area contributed by atoms with E-state index in [1.54, 1.807) is 0 Å². The summed E-state index contributed by atoms with van der Waals surface area (Å²) in [6.45, 7) is 0. The first-order valence-corrected chi connectivity index (χ1v) is 0.651. The molecule has 0 spiro atoms. The van der Waals surface area contributed by atoms with Crippen LogP contribution in [0.3, 0.4) is 0 Å². The number of hydrogen-bond donors (Lipinski definition) is 2. The second-order valence-electron chi connectivity index (χ2n) is 0.283. The third-order valence-corrected chi connectivity index (χ3v) is 0. The molecule has 0 aliphatic carbocycles. The van der Waals surface area contributed by atoms with Gasteiger partial charge in [0.2, 0.25) is 0 Å². The Kier molecular flexibility index (Phi) is 25.3. The summed E-state index contributed by atoms with van der Waals surface area (Å²) in [6, 6.07) is 0. The van der Waals surface area contributed by atoms with E-state index in [1.165, 1.54) is 0 Å². The fourth-order valence-electron chi connectivity index (χ4n) is 0. The molecule has 40 valence electrons. The summed E-state index contributed by atoms with van der Waals surface area (Å²) < 4.78 is 0. The van der Waals surface area contributed by atoms with Gasteiger partial charge in [-0.05, 0) is 0 Å². The molecular formula is CH2NiO4. The normalized spacial score (nSPS) is 4.00. The smallest absolute Gasteiger partial charge is 0.450 e. The SMILES string of the molecule is O=C(O)O.[Ni].[O]. The standard InChI is InChI=1S/CH2O3.Ni.O/c2-1(3)4;;/h(H2,2,3,4);;. The molecule has 2 N–H and O–H groups in total. The minimum absolute atomic E-state index is 0. The van der Waals surface area contributed by atoms with Gasteiger partial charge in [0, 0.05) is 22.0 Å². The fourth-order valence-corrected chi connectivity index (χ4v) is 0. The average molecular weight is 137 g/mol. The molecule has 0 saturated carbocycles. The van der Waals surface area contributed by atoms with Gasteiger partial charge in [0.1, 0.15) is 0 Å². The average Bonchev–Trinajstić information content (AvgIpc) is 0.811. The van der Waals surface area contributed by atoms with E-state index in [4.69, 9.17) is 15.0 Å². The predicted molar refractivity (Wildman–Crippen MR) is 11.3 cm³/mol. The summed E-state index contributed by atoms with van der Waals surface area (Å²) in [5.41, 5.74) is 0. The molecular weight excluding hydrogens is 135 g/mol. The van der Waals surface area contributed by atoms with Gasteiger partial charge >= 0.3 is 6.16 Å². The summed E-state index contributed by atoms with van der Waals surface area (Å²) >= 11 is 0. The molecule has 0 unspecified atom stereocenters. The van der Waals surface area contributed by atoms with Gasteiger partial charge in [-0.3, -0.25) is 0 Å². The molecule has 4 nitrogen and oxygen atoms in total. The van der Waals surface area contributed by atoms with Crippen LogP contribution in [0.2, 0.25) is 0 Å². The van der Waals surface area contributed by atoms with Crippen molar-refractivity contribution in [3.05, 3.63) is 0 Å². The van der Waals surface area contributed by atoms with Crippen LogP contribution < -0.4 is 0 Å². The van der Waals surface area contributed by atoms with Crippen molar-refractivity contribution in [1.82, 2.24) is 0 Å². The van der Waals surface area contributed by atoms with Crippen LogP contribution in [0.1, 0.15) is 0 Å². The Bertz CT molecular complexity index is 30.5. The van der Waals surface area contributed by atoms with E-state index < -0.39 is 6.16 Å². The van der Waals surface area contributed by atoms with Crippen LogP contribution in [0.25, 0.3) is 0 Å². The van der Waals surface area contributed by atoms with Crippen LogP contribution in [0.4, 0.5) is 4.79 Å². The van der Waals surface area contributed by atoms with E-state index in [0.717, 1.165) is 0 Å². The first-order valence-electron chi connectivity index (χ1n) is 0.651. The van der Waals surface area contributed by atoms with Gasteiger partial charge in [-0.25, -0.2) is 4.79 Å². The molecule has 0 bridgehead atoms. The van der Waals surface area contributed by atoms with Crippen LogP contribution in [0.5, 0.6) is 0 Å². The Morgan fingerprint density at radius 1 is 1.33 bits per heavy atom. The summed E-state index contributed by atoms with van der Waals surface area (Å²) in [5, 5.41) is 13.9. The van der Waals surface area contributed by atoms with Crippen LogP contribution >= 0.6 is 0 Å². The maximum atomic E-state index is 8.56. The third kappa shape index (κ3) is 361. The molecule has 0 aliphatic heterocycles. The van der Waals surface area contributed by atoms with Crippen LogP contribution in [-0.2, 0) is 22.0 Å². The van der Waals surface area contributed by atoms with Gasteiger partial charge in [-0.15, -0.1) is 0 Å². The van der Waals surface area contributed by atoms with E-state index in [0.29, 0.717) is 0 Å². The van der Waals surface area contributed by atoms with Gasteiger partial charge in [0.05, 0.1) is 0 Å². The first-order chi connectivity index (χ1) is 1.73. The maximum absolute atomic E-state index is 8.56. The van der Waals surface area contributed by atoms with Crippen molar-refractivity contribution in [3.63, 3.8) is 0 Å². The van der Waals surface area contributed by atoms with Gasteiger partial charge in [-0.1, -0.05) is 0 Å². The zero-order valence-corrected chi connectivity index (χ0v) is 3.51. The topological polar surface area (TPSA) is 86.0 Å². The van der Waals surface area contributed by atoms with Crippen molar-refractivity contribution in [1.29, 1.82) is 0 Å². The molecule has 0 aliphatic rings. The number of rotatable bonds is 0. The molecule has 0 aromatic heterocycles. The van der Waals surface area contributed by atoms with E-state index >= 15 is 0 Å². The molecule has 2 radical (unpaired) electrons. The Morgan fingerprint density at radius 2 is 1.33 bits per heavy atom. The van der Waals surface area contributed by atoms with Crippen molar-refractivity contribution in [2.75, 3.05) is 0 Å². The summed E-state index contributed by atoms with van der Waals surface area (Å²) in [7, 11) is 0. The zero-order chi connectivity index (χ0) is 3.58. The monoisotopic (exact) mass is 136 g/mol. The van der Waals surface area contributed by atoms with Gasteiger partial charge in [-0.2, -0.15) is 0 Å². The Morgan fingerprint density at radius 3 is 1.33 bits per heavy atom. The number of carbonyl (C=O) groups is 1. The van der Waals surface area contributed by atoms with E-state index in [1.807, 2.05) is 0 Å². The predicted octanol–water partition coefficient (Wildman–Crippen LogP) is 0.101. The van der Waals surface area contributed by atoms with Crippen LogP contribution in [0, 0.1) is 0 Å². The largest absolute Gasteiger partial charge is 0.503 e. The second-order valence-corrected chi connectivity index (χ2v) is 0.283. The quantitative estimate of drug-likeness (QED) is 0.464. The second kappa shape index (κ2) is 8.83. The molecule has 5 heteroatoms. The Balaban J connectivity index is -0.0000000450. The molecule has 0 fully saturated rings. The van der Waals surface area contributed by atoms with Gasteiger partial charge < -0.3 is 10.2 Å². The Hall–Kier alpha value is -0.276. The fraction of sp³-hybridized carbons (Fsp3) is 0. The molecule has 0 saturated heterocycles. The molecule has 0 aromatic rings. The van der Waals surface area contributed by atoms with Crippen LogP contribution in [0.15, 0.2) is 0 Å². The van der Waals surface area contributed by atoms with Crippen molar-refractivity contribution in [3.8, 4) is 0 Å². The summed E-state index contributed by atoms with van der Waals surface area (Å²) in [6.07, 6.45) is -1.83. The number of carboxylic acid groups (broad SMARTS) is 2. The zero-order valence-electron chi connectivity index (χ0n) is 2.53. The van der Waals surface area contributed by atoms with Crippen molar-refractivity contribution in [2.24, 2.45) is 0 Å². The molecule has 6 heavy (non-hydrogen) atoms.